The number of nitro groups is 1. The lowest BCUT2D eigenvalue weighted by molar-refractivity contribution is -0.384. The maximum Gasteiger partial charge on any atom is 0.306 e. The van der Waals surface area contributed by atoms with Gasteiger partial charge in [0.1, 0.15) is 0 Å². The topological polar surface area (TPSA) is 101 Å². The van der Waals surface area contributed by atoms with Crippen molar-refractivity contribution in [3.8, 4) is 0 Å². The molecule has 0 saturated heterocycles. The van der Waals surface area contributed by atoms with Crippen LogP contribution in [0, 0.1) is 22.0 Å². The molecule has 0 spiro atoms. The standard InChI is InChI=1S/C12H15NO5/c1-7(8(2)12(15)16)11(14)9-3-5-10(6-4-9)13(17)18/h3-8,11,14H,1-2H3,(H,15,16). The number of aliphatic hydroxyl groups is 1. The van der Waals surface area contributed by atoms with E-state index in [1.54, 1.807) is 6.92 Å². The van der Waals surface area contributed by atoms with Gasteiger partial charge >= 0.3 is 5.97 Å². The summed E-state index contributed by atoms with van der Waals surface area (Å²) in [5.41, 5.74) is 0.408. The van der Waals surface area contributed by atoms with E-state index in [4.69, 9.17) is 5.11 Å². The summed E-state index contributed by atoms with van der Waals surface area (Å²) in [7, 11) is 0. The van der Waals surface area contributed by atoms with Gasteiger partial charge in [0, 0.05) is 12.1 Å². The Hall–Kier alpha value is -1.95. The maximum atomic E-state index is 10.8. The first-order valence-electron chi connectivity index (χ1n) is 5.49. The molecule has 0 fully saturated rings. The smallest absolute Gasteiger partial charge is 0.306 e. The van der Waals surface area contributed by atoms with Crippen molar-refractivity contribution in [2.75, 3.05) is 0 Å². The van der Waals surface area contributed by atoms with Crippen LogP contribution in [0.3, 0.4) is 0 Å². The number of benzene rings is 1. The molecule has 3 unspecified atom stereocenters. The fourth-order valence-corrected chi connectivity index (χ4v) is 1.60. The summed E-state index contributed by atoms with van der Waals surface area (Å²) in [4.78, 5) is 20.8. The Morgan fingerprint density at radius 2 is 1.78 bits per heavy atom. The van der Waals surface area contributed by atoms with E-state index < -0.39 is 28.8 Å². The van der Waals surface area contributed by atoms with E-state index in [2.05, 4.69) is 0 Å². The molecule has 98 valence electrons. The third kappa shape index (κ3) is 3.04. The second-order valence-corrected chi connectivity index (χ2v) is 4.28. The molecule has 0 aromatic heterocycles. The van der Waals surface area contributed by atoms with Gasteiger partial charge in [0.15, 0.2) is 0 Å². The molecule has 0 heterocycles. The molecule has 6 nitrogen and oxygen atoms in total. The Morgan fingerprint density at radius 1 is 1.28 bits per heavy atom. The largest absolute Gasteiger partial charge is 0.481 e. The minimum Gasteiger partial charge on any atom is -0.481 e. The zero-order valence-corrected chi connectivity index (χ0v) is 10.1. The van der Waals surface area contributed by atoms with E-state index in [0.717, 1.165) is 0 Å². The van der Waals surface area contributed by atoms with Crippen LogP contribution >= 0.6 is 0 Å². The Bertz CT molecular complexity index is 442. The molecule has 0 aliphatic rings. The molecule has 3 atom stereocenters. The molecule has 1 aromatic rings. The lowest BCUT2D eigenvalue weighted by Crippen LogP contribution is -2.23. The minimum atomic E-state index is -0.983. The zero-order valence-electron chi connectivity index (χ0n) is 10.1. The van der Waals surface area contributed by atoms with Crippen LogP contribution < -0.4 is 0 Å². The van der Waals surface area contributed by atoms with Crippen LogP contribution in [0.2, 0.25) is 0 Å². The van der Waals surface area contributed by atoms with Crippen molar-refractivity contribution >= 4 is 11.7 Å². The third-order valence-corrected chi connectivity index (χ3v) is 3.12. The van der Waals surface area contributed by atoms with Crippen LogP contribution in [-0.2, 0) is 4.79 Å². The van der Waals surface area contributed by atoms with Crippen molar-refractivity contribution < 1.29 is 19.9 Å². The summed E-state index contributed by atoms with van der Waals surface area (Å²) in [6, 6.07) is 5.45. The van der Waals surface area contributed by atoms with Crippen LogP contribution in [0.15, 0.2) is 24.3 Å². The molecule has 0 amide bonds. The van der Waals surface area contributed by atoms with Crippen LogP contribution in [0.5, 0.6) is 0 Å². The lowest BCUT2D eigenvalue weighted by Gasteiger charge is -2.22. The van der Waals surface area contributed by atoms with Crippen LogP contribution in [0.4, 0.5) is 5.69 Å². The molecule has 1 aromatic carbocycles. The summed E-state index contributed by atoms with van der Waals surface area (Å²) in [5, 5.41) is 29.3. The molecule has 1 rings (SSSR count). The summed E-state index contributed by atoms with van der Waals surface area (Å²) in [6.07, 6.45) is -0.961. The van der Waals surface area contributed by atoms with Crippen LogP contribution in [-0.4, -0.2) is 21.1 Å². The van der Waals surface area contributed by atoms with E-state index in [-0.39, 0.29) is 5.69 Å². The molecule has 18 heavy (non-hydrogen) atoms. The summed E-state index contributed by atoms with van der Waals surface area (Å²) in [5.74, 6) is -2.16. The van der Waals surface area contributed by atoms with Gasteiger partial charge in [-0.3, -0.25) is 14.9 Å². The first-order chi connectivity index (χ1) is 8.34. The van der Waals surface area contributed by atoms with E-state index in [0.29, 0.717) is 5.56 Å². The first kappa shape index (κ1) is 14.1. The molecule has 0 saturated carbocycles. The molecule has 0 bridgehead atoms. The first-order valence-corrected chi connectivity index (χ1v) is 5.49. The van der Waals surface area contributed by atoms with Gasteiger partial charge in [-0.2, -0.15) is 0 Å². The number of aliphatic hydroxyl groups excluding tert-OH is 1. The quantitative estimate of drug-likeness (QED) is 0.617. The summed E-state index contributed by atoms with van der Waals surface area (Å²) < 4.78 is 0. The van der Waals surface area contributed by atoms with E-state index >= 15 is 0 Å². The van der Waals surface area contributed by atoms with Crippen molar-refractivity contribution in [3.05, 3.63) is 39.9 Å². The molecule has 0 aliphatic heterocycles. The highest BCUT2D eigenvalue weighted by Gasteiger charge is 2.27. The van der Waals surface area contributed by atoms with Gasteiger partial charge in [-0.1, -0.05) is 13.8 Å². The highest BCUT2D eigenvalue weighted by molar-refractivity contribution is 5.69. The average molecular weight is 253 g/mol. The van der Waals surface area contributed by atoms with Crippen molar-refractivity contribution in [3.63, 3.8) is 0 Å². The Labute approximate surface area is 104 Å². The number of hydrogen-bond donors (Lipinski definition) is 2. The maximum absolute atomic E-state index is 10.8. The number of nitrogens with zero attached hydrogens (tertiary/aromatic N) is 1. The van der Waals surface area contributed by atoms with E-state index in [1.165, 1.54) is 31.2 Å². The average Bonchev–Trinajstić information content (AvgIpc) is 2.36. The van der Waals surface area contributed by atoms with Crippen molar-refractivity contribution in [1.82, 2.24) is 0 Å². The van der Waals surface area contributed by atoms with Gasteiger partial charge in [-0.25, -0.2) is 0 Å². The van der Waals surface area contributed by atoms with Crippen LogP contribution in [0.25, 0.3) is 0 Å². The van der Waals surface area contributed by atoms with Crippen molar-refractivity contribution in [2.45, 2.75) is 20.0 Å². The number of carboxylic acid groups (broad SMARTS) is 1. The van der Waals surface area contributed by atoms with Gasteiger partial charge in [-0.15, -0.1) is 0 Å². The molecule has 2 N–H and O–H groups in total. The molecular weight excluding hydrogens is 238 g/mol. The van der Waals surface area contributed by atoms with Gasteiger partial charge in [-0.05, 0) is 23.6 Å². The van der Waals surface area contributed by atoms with Gasteiger partial charge in [0.2, 0.25) is 0 Å². The molecule has 0 radical (unpaired) electrons. The summed E-state index contributed by atoms with van der Waals surface area (Å²) in [6.45, 7) is 3.15. The minimum absolute atomic E-state index is 0.0649. The Kier molecular flexibility index (Phi) is 4.38. The van der Waals surface area contributed by atoms with Gasteiger partial charge in [0.05, 0.1) is 16.9 Å². The molecule has 0 aliphatic carbocycles. The number of carbonyl (C=O) groups is 1. The Balaban J connectivity index is 2.87. The number of nitro benzene ring substituents is 1. The van der Waals surface area contributed by atoms with Gasteiger partial charge < -0.3 is 10.2 Å². The zero-order chi connectivity index (χ0) is 13.9. The second kappa shape index (κ2) is 5.59. The van der Waals surface area contributed by atoms with Crippen molar-refractivity contribution in [1.29, 1.82) is 0 Å². The lowest BCUT2D eigenvalue weighted by atomic mass is 9.87. The predicted molar refractivity (Wildman–Crippen MR) is 64.0 cm³/mol. The highest BCUT2D eigenvalue weighted by atomic mass is 16.6. The van der Waals surface area contributed by atoms with Gasteiger partial charge in [0.25, 0.3) is 5.69 Å². The number of aliphatic carboxylic acids is 1. The monoisotopic (exact) mass is 253 g/mol. The number of hydrogen-bond acceptors (Lipinski definition) is 4. The second-order valence-electron chi connectivity index (χ2n) is 4.28. The normalized spacial score (nSPS) is 15.7. The summed E-state index contributed by atoms with van der Waals surface area (Å²) >= 11 is 0. The predicted octanol–water partition coefficient (Wildman–Crippen LogP) is 1.98. The van der Waals surface area contributed by atoms with Crippen molar-refractivity contribution in [2.24, 2.45) is 11.8 Å². The fourth-order valence-electron chi connectivity index (χ4n) is 1.60. The number of non-ortho nitro benzene ring substituents is 1. The molecule has 6 heteroatoms. The number of rotatable bonds is 5. The van der Waals surface area contributed by atoms with E-state index in [9.17, 15) is 20.0 Å². The third-order valence-electron chi connectivity index (χ3n) is 3.12. The van der Waals surface area contributed by atoms with Crippen LogP contribution in [0.1, 0.15) is 25.5 Å². The number of carboxylic acids is 1. The molecular formula is C12H15NO5. The van der Waals surface area contributed by atoms with E-state index in [1.807, 2.05) is 0 Å². The fraction of sp³-hybridized carbons (Fsp3) is 0.417. The Morgan fingerprint density at radius 3 is 2.17 bits per heavy atom. The highest BCUT2D eigenvalue weighted by Crippen LogP contribution is 2.28. The SMILES string of the molecule is CC(C(=O)O)C(C)C(O)c1ccc([N+](=O)[O-])cc1.